The molecule has 0 aliphatic rings. The normalized spacial score (nSPS) is 10.5. The van der Waals surface area contributed by atoms with Gasteiger partial charge in [-0.25, -0.2) is 4.98 Å². The summed E-state index contributed by atoms with van der Waals surface area (Å²) in [4.78, 5) is 8.72. The van der Waals surface area contributed by atoms with Crippen LogP contribution in [0.2, 0.25) is 0 Å². The Hall–Kier alpha value is -1.66. The number of hydrogen-bond acceptors (Lipinski definition) is 5. The monoisotopic (exact) mass is 351 g/mol. The number of halogens is 1. The number of aryl methyl sites for hydroxylation is 1. The van der Waals surface area contributed by atoms with Crippen LogP contribution in [-0.2, 0) is 11.3 Å². The van der Waals surface area contributed by atoms with Gasteiger partial charge in [0.25, 0.3) is 0 Å². The first kappa shape index (κ1) is 15.7. The molecule has 6 heteroatoms. The maximum absolute atomic E-state index is 5.89. The smallest absolute Gasteiger partial charge is 0.224 e. The molecule has 0 saturated heterocycles. The molecule has 0 amide bonds. The van der Waals surface area contributed by atoms with Crippen molar-refractivity contribution >= 4 is 21.7 Å². The summed E-state index contributed by atoms with van der Waals surface area (Å²) < 4.78 is 11.9. The van der Waals surface area contributed by atoms with Crippen LogP contribution in [0.1, 0.15) is 18.3 Å². The van der Waals surface area contributed by atoms with Crippen LogP contribution in [-0.4, -0.2) is 23.6 Å². The minimum Gasteiger partial charge on any atom is -0.439 e. The van der Waals surface area contributed by atoms with Crippen LogP contribution in [0.5, 0.6) is 11.6 Å². The van der Waals surface area contributed by atoms with E-state index in [0.29, 0.717) is 18.3 Å². The Kier molecular flexibility index (Phi) is 5.52. The quantitative estimate of drug-likeness (QED) is 0.854. The van der Waals surface area contributed by atoms with Crippen molar-refractivity contribution in [1.82, 2.24) is 9.97 Å². The maximum atomic E-state index is 5.89. The summed E-state index contributed by atoms with van der Waals surface area (Å²) in [5, 5.41) is 3.16. The second kappa shape index (κ2) is 7.38. The number of anilines is 1. The average molecular weight is 352 g/mol. The van der Waals surface area contributed by atoms with Gasteiger partial charge in [-0.05, 0) is 31.5 Å². The van der Waals surface area contributed by atoms with E-state index in [4.69, 9.17) is 9.47 Å². The lowest BCUT2D eigenvalue weighted by Crippen LogP contribution is -2.05. The molecule has 0 bridgehead atoms. The van der Waals surface area contributed by atoms with Crippen molar-refractivity contribution in [3.63, 3.8) is 0 Å². The molecule has 21 heavy (non-hydrogen) atoms. The Labute approximate surface area is 132 Å². The first-order chi connectivity index (χ1) is 10.1. The fourth-order valence-electron chi connectivity index (χ4n) is 1.79. The molecule has 2 rings (SSSR count). The zero-order valence-electron chi connectivity index (χ0n) is 12.3. The standard InChI is InChI=1S/C15H18BrN3O2/c1-4-17-13-8-15(19-14(18-13)9-20-3)21-12-7-11(16)6-5-10(12)2/h5-8H,4,9H2,1-3H3,(H,17,18,19). The fourth-order valence-corrected chi connectivity index (χ4v) is 2.13. The molecule has 0 aliphatic heterocycles. The molecule has 0 atom stereocenters. The van der Waals surface area contributed by atoms with Crippen molar-refractivity contribution < 1.29 is 9.47 Å². The summed E-state index contributed by atoms with van der Waals surface area (Å²) in [7, 11) is 1.61. The highest BCUT2D eigenvalue weighted by atomic mass is 79.9. The summed E-state index contributed by atoms with van der Waals surface area (Å²) in [6.45, 7) is 5.12. The lowest BCUT2D eigenvalue weighted by atomic mass is 10.2. The Balaban J connectivity index is 2.31. The summed E-state index contributed by atoms with van der Waals surface area (Å²) >= 11 is 3.44. The zero-order chi connectivity index (χ0) is 15.2. The molecule has 0 radical (unpaired) electrons. The summed E-state index contributed by atoms with van der Waals surface area (Å²) in [6, 6.07) is 7.66. The van der Waals surface area contributed by atoms with Gasteiger partial charge in [0.1, 0.15) is 18.2 Å². The van der Waals surface area contributed by atoms with Gasteiger partial charge < -0.3 is 14.8 Å². The highest BCUT2D eigenvalue weighted by molar-refractivity contribution is 9.10. The number of aromatic nitrogens is 2. The third kappa shape index (κ3) is 4.41. The number of methoxy groups -OCH3 is 1. The Bertz CT molecular complexity index is 596. The third-order valence-electron chi connectivity index (χ3n) is 2.75. The minimum atomic E-state index is 0.340. The summed E-state index contributed by atoms with van der Waals surface area (Å²) in [5.41, 5.74) is 1.04. The van der Waals surface area contributed by atoms with Gasteiger partial charge >= 0.3 is 0 Å². The van der Waals surface area contributed by atoms with Crippen molar-refractivity contribution in [2.75, 3.05) is 19.0 Å². The Morgan fingerprint density at radius 3 is 2.76 bits per heavy atom. The zero-order valence-corrected chi connectivity index (χ0v) is 13.9. The number of ether oxygens (including phenoxy) is 2. The van der Waals surface area contributed by atoms with Crippen LogP contribution >= 0.6 is 15.9 Å². The van der Waals surface area contributed by atoms with Crippen LogP contribution in [0.3, 0.4) is 0 Å². The molecule has 1 heterocycles. The number of nitrogens with zero attached hydrogens (tertiary/aromatic N) is 2. The van der Waals surface area contributed by atoms with Crippen molar-refractivity contribution in [2.45, 2.75) is 20.5 Å². The van der Waals surface area contributed by atoms with E-state index in [1.807, 2.05) is 32.0 Å². The van der Waals surface area contributed by atoms with Crippen LogP contribution in [0.4, 0.5) is 5.82 Å². The third-order valence-corrected chi connectivity index (χ3v) is 3.24. The predicted molar refractivity (Wildman–Crippen MR) is 85.9 cm³/mol. The van der Waals surface area contributed by atoms with Crippen LogP contribution in [0.25, 0.3) is 0 Å². The molecule has 1 N–H and O–H groups in total. The van der Waals surface area contributed by atoms with Gasteiger partial charge in [-0.3, -0.25) is 0 Å². The van der Waals surface area contributed by atoms with Gasteiger partial charge in [0.2, 0.25) is 5.88 Å². The highest BCUT2D eigenvalue weighted by Gasteiger charge is 2.08. The minimum absolute atomic E-state index is 0.340. The van der Waals surface area contributed by atoms with E-state index in [-0.39, 0.29) is 0 Å². The second-order valence-electron chi connectivity index (χ2n) is 4.48. The molecule has 112 valence electrons. The molecule has 0 aliphatic carbocycles. The molecular formula is C15H18BrN3O2. The van der Waals surface area contributed by atoms with E-state index in [9.17, 15) is 0 Å². The average Bonchev–Trinajstić information content (AvgIpc) is 2.43. The van der Waals surface area contributed by atoms with Gasteiger partial charge in [0.05, 0.1) is 0 Å². The first-order valence-corrected chi connectivity index (χ1v) is 7.46. The molecule has 5 nitrogen and oxygen atoms in total. The molecule has 0 spiro atoms. The van der Waals surface area contributed by atoms with Crippen LogP contribution in [0.15, 0.2) is 28.7 Å². The second-order valence-corrected chi connectivity index (χ2v) is 5.40. The first-order valence-electron chi connectivity index (χ1n) is 6.67. The number of rotatable bonds is 6. The van der Waals surface area contributed by atoms with E-state index in [2.05, 4.69) is 31.2 Å². The Morgan fingerprint density at radius 1 is 1.24 bits per heavy atom. The fraction of sp³-hybridized carbons (Fsp3) is 0.333. The Morgan fingerprint density at radius 2 is 2.05 bits per heavy atom. The largest absolute Gasteiger partial charge is 0.439 e. The molecule has 1 aromatic carbocycles. The topological polar surface area (TPSA) is 56.3 Å². The lowest BCUT2D eigenvalue weighted by Gasteiger charge is -2.11. The van der Waals surface area contributed by atoms with Crippen LogP contribution < -0.4 is 10.1 Å². The molecule has 0 fully saturated rings. The van der Waals surface area contributed by atoms with Gasteiger partial charge in [-0.1, -0.05) is 22.0 Å². The summed E-state index contributed by atoms with van der Waals surface area (Å²) in [5.74, 6) is 2.56. The molecule has 1 aromatic heterocycles. The van der Waals surface area contributed by atoms with Gasteiger partial charge in [-0.15, -0.1) is 0 Å². The van der Waals surface area contributed by atoms with E-state index in [1.165, 1.54) is 0 Å². The molecular weight excluding hydrogens is 334 g/mol. The van der Waals surface area contributed by atoms with Crippen molar-refractivity contribution in [3.05, 3.63) is 40.1 Å². The van der Waals surface area contributed by atoms with E-state index in [0.717, 1.165) is 28.1 Å². The lowest BCUT2D eigenvalue weighted by molar-refractivity contribution is 0.177. The van der Waals surface area contributed by atoms with Crippen molar-refractivity contribution in [1.29, 1.82) is 0 Å². The number of benzene rings is 1. The number of nitrogens with one attached hydrogen (secondary N) is 1. The van der Waals surface area contributed by atoms with Gasteiger partial charge in [0, 0.05) is 24.2 Å². The van der Waals surface area contributed by atoms with Gasteiger partial charge in [0.15, 0.2) is 5.82 Å². The molecule has 2 aromatic rings. The predicted octanol–water partition coefficient (Wildman–Crippen LogP) is 3.92. The SMILES string of the molecule is CCNc1cc(Oc2cc(Br)ccc2C)nc(COC)n1. The molecule has 0 saturated carbocycles. The highest BCUT2D eigenvalue weighted by Crippen LogP contribution is 2.28. The van der Waals surface area contributed by atoms with E-state index < -0.39 is 0 Å². The van der Waals surface area contributed by atoms with E-state index in [1.54, 1.807) is 13.2 Å². The van der Waals surface area contributed by atoms with Crippen molar-refractivity contribution in [3.8, 4) is 11.6 Å². The number of hydrogen-bond donors (Lipinski definition) is 1. The molecule has 0 unspecified atom stereocenters. The van der Waals surface area contributed by atoms with E-state index >= 15 is 0 Å². The maximum Gasteiger partial charge on any atom is 0.224 e. The van der Waals surface area contributed by atoms with Crippen molar-refractivity contribution in [2.24, 2.45) is 0 Å². The van der Waals surface area contributed by atoms with Crippen LogP contribution in [0, 0.1) is 6.92 Å². The summed E-state index contributed by atoms with van der Waals surface area (Å²) in [6.07, 6.45) is 0. The van der Waals surface area contributed by atoms with Gasteiger partial charge in [-0.2, -0.15) is 4.98 Å².